The van der Waals surface area contributed by atoms with E-state index in [0.717, 1.165) is 70.1 Å². The number of aromatic nitrogens is 3. The molecule has 0 aliphatic rings. The van der Waals surface area contributed by atoms with Crippen LogP contribution in [0.2, 0.25) is 0 Å². The first kappa shape index (κ1) is 36.3. The maximum Gasteiger partial charge on any atom is 0.133 e. The van der Waals surface area contributed by atoms with E-state index in [4.69, 9.17) is 19.4 Å². The Kier molecular flexibility index (Phi) is 16.3. The number of hydrogen-bond donors (Lipinski definition) is 0. The molecule has 0 fully saturated rings. The lowest BCUT2D eigenvalue weighted by molar-refractivity contribution is 0.304. The molecule has 7 heteroatoms. The topological polar surface area (TPSA) is 57.1 Å². The summed E-state index contributed by atoms with van der Waals surface area (Å²) >= 11 is 7.22. The highest BCUT2D eigenvalue weighted by atomic mass is 79.9. The second-order valence-electron chi connectivity index (χ2n) is 12.2. The molecule has 2 aromatic heterocycles. The molecule has 5 nitrogen and oxygen atoms in total. The van der Waals surface area contributed by atoms with Crippen LogP contribution in [0.15, 0.2) is 63.8 Å². The summed E-state index contributed by atoms with van der Waals surface area (Å²) in [7, 11) is 0. The number of unbranched alkanes of at least 4 members (excludes halogenated alkanes) is 14. The quantitative estimate of drug-likeness (QED) is 0.0591. The summed E-state index contributed by atoms with van der Waals surface area (Å²) in [6.07, 6.45) is 22.4. The first-order chi connectivity index (χ1) is 22.6. The Morgan fingerprint density at radius 3 is 1.33 bits per heavy atom. The van der Waals surface area contributed by atoms with Gasteiger partial charge in [-0.2, -0.15) is 0 Å². The van der Waals surface area contributed by atoms with E-state index in [2.05, 4.69) is 75.0 Å². The Morgan fingerprint density at radius 1 is 0.500 bits per heavy atom. The second kappa shape index (κ2) is 20.7. The van der Waals surface area contributed by atoms with Crippen molar-refractivity contribution in [3.63, 3.8) is 0 Å². The van der Waals surface area contributed by atoms with Gasteiger partial charge in [0.25, 0.3) is 0 Å². The number of halogens is 2. The van der Waals surface area contributed by atoms with Gasteiger partial charge in [0.05, 0.1) is 29.1 Å². The molecular weight excluding hydrogens is 702 g/mol. The molecule has 0 saturated heterocycles. The van der Waals surface area contributed by atoms with Gasteiger partial charge in [-0.05, 0) is 93.2 Å². The van der Waals surface area contributed by atoms with Crippen molar-refractivity contribution in [1.29, 1.82) is 0 Å². The van der Waals surface area contributed by atoms with Gasteiger partial charge in [-0.25, -0.2) is 15.0 Å². The number of fused-ring (bicyclic) bond motifs is 1. The zero-order valence-corrected chi connectivity index (χ0v) is 31.0. The lowest BCUT2D eigenvalue weighted by Crippen LogP contribution is -2.00. The molecular formula is C39H51Br2N3O2. The minimum atomic E-state index is 0.668. The van der Waals surface area contributed by atoms with Crippen LogP contribution in [0.1, 0.15) is 117 Å². The van der Waals surface area contributed by atoms with Crippen LogP contribution < -0.4 is 9.47 Å². The Labute approximate surface area is 293 Å². The fourth-order valence-electron chi connectivity index (χ4n) is 5.65. The first-order valence-corrected chi connectivity index (χ1v) is 19.2. The molecule has 2 heterocycles. The molecule has 0 unspecified atom stereocenters. The Morgan fingerprint density at radius 2 is 0.891 bits per heavy atom. The lowest BCUT2D eigenvalue weighted by Gasteiger charge is -2.13. The summed E-state index contributed by atoms with van der Waals surface area (Å²) in [5.41, 5.74) is 5.06. The van der Waals surface area contributed by atoms with E-state index in [1.807, 2.05) is 24.3 Å². The van der Waals surface area contributed by atoms with E-state index >= 15 is 0 Å². The van der Waals surface area contributed by atoms with Gasteiger partial charge in [0.2, 0.25) is 0 Å². The largest absolute Gasteiger partial charge is 0.494 e. The number of pyridine rings is 1. The van der Waals surface area contributed by atoms with Gasteiger partial charge in [-0.3, -0.25) is 0 Å². The van der Waals surface area contributed by atoms with Crippen LogP contribution in [0.4, 0.5) is 0 Å². The summed E-state index contributed by atoms with van der Waals surface area (Å²) in [5.74, 6) is 1.76. The second-order valence-corrected chi connectivity index (χ2v) is 13.8. The highest BCUT2D eigenvalue weighted by molar-refractivity contribution is 9.11. The first-order valence-electron chi connectivity index (χ1n) is 17.6. The number of rotatable bonds is 22. The van der Waals surface area contributed by atoms with Crippen LogP contribution in [0.5, 0.6) is 11.5 Å². The highest BCUT2D eigenvalue weighted by Gasteiger charge is 2.17. The zero-order chi connectivity index (χ0) is 32.4. The molecule has 0 radical (unpaired) electrons. The summed E-state index contributed by atoms with van der Waals surface area (Å²) < 4.78 is 13.6. The van der Waals surface area contributed by atoms with Crippen molar-refractivity contribution in [3.8, 4) is 34.0 Å². The third-order valence-corrected chi connectivity index (χ3v) is 9.56. The standard InChI is InChI=1S/C39H51Br2N3O2/c1-3-5-7-9-11-13-15-17-27-45-32-23-19-30(20-24-32)35-36(44-38-37(43-35)34(40)29-42-39(38)41)31-21-25-33(26-22-31)46-28-18-16-14-12-10-8-6-4-2/h19-26,29H,3-18,27-28H2,1-2H3. The molecule has 0 bridgehead atoms. The normalized spacial score (nSPS) is 11.3. The maximum absolute atomic E-state index is 6.08. The van der Waals surface area contributed by atoms with Crippen LogP contribution in [-0.4, -0.2) is 28.2 Å². The minimum Gasteiger partial charge on any atom is -0.494 e. The fourth-order valence-corrected chi connectivity index (χ4v) is 6.41. The van der Waals surface area contributed by atoms with Gasteiger partial charge in [0.15, 0.2) is 0 Å². The Hall–Kier alpha value is -2.51. The van der Waals surface area contributed by atoms with Gasteiger partial charge >= 0.3 is 0 Å². The van der Waals surface area contributed by atoms with E-state index in [1.54, 1.807) is 6.20 Å². The van der Waals surface area contributed by atoms with Crippen LogP contribution in [0.25, 0.3) is 33.5 Å². The average molecular weight is 754 g/mol. The number of ether oxygens (including phenoxy) is 2. The van der Waals surface area contributed by atoms with Crippen molar-refractivity contribution in [2.45, 2.75) is 117 Å². The monoisotopic (exact) mass is 751 g/mol. The summed E-state index contributed by atoms with van der Waals surface area (Å²) in [6.45, 7) is 6.02. The van der Waals surface area contributed by atoms with Crippen LogP contribution in [-0.2, 0) is 0 Å². The summed E-state index contributed by atoms with van der Waals surface area (Å²) in [6, 6.07) is 16.4. The third-order valence-electron chi connectivity index (χ3n) is 8.40. The van der Waals surface area contributed by atoms with E-state index in [-0.39, 0.29) is 0 Å². The SMILES string of the molecule is CCCCCCCCCCOc1ccc(-c2nc3c(Br)cnc(Br)c3nc2-c2ccc(OCCCCCCCCCC)cc2)cc1. The average Bonchev–Trinajstić information content (AvgIpc) is 3.08. The molecule has 0 amide bonds. The number of benzene rings is 2. The van der Waals surface area contributed by atoms with Crippen molar-refractivity contribution >= 4 is 42.9 Å². The van der Waals surface area contributed by atoms with Crippen molar-refractivity contribution in [2.24, 2.45) is 0 Å². The van der Waals surface area contributed by atoms with Crippen molar-refractivity contribution in [3.05, 3.63) is 63.8 Å². The Balaban J connectivity index is 1.39. The van der Waals surface area contributed by atoms with E-state index in [1.165, 1.54) is 89.9 Å². The molecule has 248 valence electrons. The molecule has 0 aliphatic heterocycles. The minimum absolute atomic E-state index is 0.668. The lowest BCUT2D eigenvalue weighted by atomic mass is 10.0. The summed E-state index contributed by atoms with van der Waals surface area (Å²) in [5, 5.41) is 0. The number of nitrogens with zero attached hydrogens (tertiary/aromatic N) is 3. The van der Waals surface area contributed by atoms with Crippen molar-refractivity contribution < 1.29 is 9.47 Å². The van der Waals surface area contributed by atoms with Gasteiger partial charge in [0.1, 0.15) is 27.1 Å². The summed E-state index contributed by atoms with van der Waals surface area (Å²) in [4.78, 5) is 14.6. The van der Waals surface area contributed by atoms with E-state index in [9.17, 15) is 0 Å². The van der Waals surface area contributed by atoms with Gasteiger partial charge in [-0.15, -0.1) is 0 Å². The highest BCUT2D eigenvalue weighted by Crippen LogP contribution is 2.36. The van der Waals surface area contributed by atoms with E-state index < -0.39 is 0 Å². The van der Waals surface area contributed by atoms with Gasteiger partial charge in [0, 0.05) is 17.3 Å². The maximum atomic E-state index is 6.08. The van der Waals surface area contributed by atoms with Crippen LogP contribution >= 0.6 is 31.9 Å². The Bertz CT molecular complexity index is 1330. The molecule has 4 aromatic rings. The fraction of sp³-hybridized carbons (Fsp3) is 0.513. The predicted octanol–water partition coefficient (Wildman–Crippen LogP) is 12.9. The molecule has 0 spiro atoms. The van der Waals surface area contributed by atoms with Crippen LogP contribution in [0.3, 0.4) is 0 Å². The molecule has 4 rings (SSSR count). The zero-order valence-electron chi connectivity index (χ0n) is 27.8. The van der Waals surface area contributed by atoms with Gasteiger partial charge in [-0.1, -0.05) is 104 Å². The molecule has 0 atom stereocenters. The number of hydrogen-bond acceptors (Lipinski definition) is 5. The molecule has 0 saturated carbocycles. The molecule has 0 N–H and O–H groups in total. The van der Waals surface area contributed by atoms with Gasteiger partial charge < -0.3 is 9.47 Å². The molecule has 2 aromatic carbocycles. The molecule has 46 heavy (non-hydrogen) atoms. The third kappa shape index (κ3) is 11.6. The van der Waals surface area contributed by atoms with Crippen molar-refractivity contribution in [1.82, 2.24) is 15.0 Å². The van der Waals surface area contributed by atoms with E-state index in [0.29, 0.717) is 10.1 Å². The van der Waals surface area contributed by atoms with Crippen molar-refractivity contribution in [2.75, 3.05) is 13.2 Å². The molecule has 0 aliphatic carbocycles. The van der Waals surface area contributed by atoms with Crippen LogP contribution in [0, 0.1) is 0 Å². The predicted molar refractivity (Wildman–Crippen MR) is 200 cm³/mol. The smallest absolute Gasteiger partial charge is 0.133 e.